The molecule has 0 saturated heterocycles. The maximum Gasteiger partial charge on any atom is 0.107 e. The van der Waals surface area contributed by atoms with Gasteiger partial charge in [-0.3, -0.25) is 9.98 Å². The van der Waals surface area contributed by atoms with Gasteiger partial charge in [-0.05, 0) is 25.7 Å². The molecule has 94 valence electrons. The van der Waals surface area contributed by atoms with Crippen molar-refractivity contribution in [3.05, 3.63) is 0 Å². The lowest BCUT2D eigenvalue weighted by molar-refractivity contribution is 0.368. The zero-order valence-corrected chi connectivity index (χ0v) is 10.6. The molecular weight excluding hydrogens is 210 g/mol. The van der Waals surface area contributed by atoms with E-state index in [-0.39, 0.29) is 0 Å². The van der Waals surface area contributed by atoms with Gasteiger partial charge in [0.1, 0.15) is 5.84 Å². The highest BCUT2D eigenvalue weighted by atomic mass is 15.1. The van der Waals surface area contributed by atoms with Crippen molar-refractivity contribution < 1.29 is 0 Å². The lowest BCUT2D eigenvalue weighted by atomic mass is 9.83. The molecule has 1 N–H and O–H groups in total. The summed E-state index contributed by atoms with van der Waals surface area (Å²) in [6, 6.07) is 1.10. The van der Waals surface area contributed by atoms with Gasteiger partial charge in [0.2, 0.25) is 0 Å². The molecule has 0 aromatic heterocycles. The third-order valence-electron chi connectivity index (χ3n) is 4.46. The minimum atomic E-state index is 0.521. The number of hydrogen-bond donors (Lipinski definition) is 1. The minimum Gasteiger partial charge on any atom is -0.335 e. The Morgan fingerprint density at radius 1 is 1.00 bits per heavy atom. The number of nitrogens with one attached hydrogen (secondary N) is 1. The molecule has 0 bridgehead atoms. The molecule has 17 heavy (non-hydrogen) atoms. The second kappa shape index (κ2) is 5.19. The topological polar surface area (TPSA) is 36.8 Å². The van der Waals surface area contributed by atoms with Gasteiger partial charge in [0.05, 0.1) is 18.4 Å². The second-order valence-electron chi connectivity index (χ2n) is 5.69. The molecule has 1 heterocycles. The Morgan fingerprint density at radius 2 is 1.76 bits per heavy atom. The molecule has 2 saturated carbocycles. The molecule has 3 heteroatoms. The van der Waals surface area contributed by atoms with Crippen LogP contribution in [0.4, 0.5) is 0 Å². The number of aliphatic imine (C=N–C) groups is 2. The fourth-order valence-corrected chi connectivity index (χ4v) is 3.45. The SMILES string of the molecule is C1=NC2CCCCC2C(=NC2CCCCC2)N1. The summed E-state index contributed by atoms with van der Waals surface area (Å²) in [5.41, 5.74) is 0. The van der Waals surface area contributed by atoms with Crippen molar-refractivity contribution >= 4 is 12.2 Å². The number of fused-ring (bicyclic) bond motifs is 1. The highest BCUT2D eigenvalue weighted by Crippen LogP contribution is 2.30. The molecule has 0 aromatic rings. The smallest absolute Gasteiger partial charge is 0.107 e. The predicted octanol–water partition coefficient (Wildman–Crippen LogP) is 2.91. The van der Waals surface area contributed by atoms with Crippen molar-refractivity contribution in [2.75, 3.05) is 0 Å². The van der Waals surface area contributed by atoms with Crippen LogP contribution >= 0.6 is 0 Å². The summed E-state index contributed by atoms with van der Waals surface area (Å²) >= 11 is 0. The van der Waals surface area contributed by atoms with Crippen LogP contribution in [0.15, 0.2) is 9.98 Å². The highest BCUT2D eigenvalue weighted by molar-refractivity contribution is 5.95. The normalized spacial score (nSPS) is 36.6. The Labute approximate surface area is 104 Å². The second-order valence-corrected chi connectivity index (χ2v) is 5.69. The van der Waals surface area contributed by atoms with Crippen LogP contribution in [-0.4, -0.2) is 24.3 Å². The third-order valence-corrected chi connectivity index (χ3v) is 4.46. The average Bonchev–Trinajstić information content (AvgIpc) is 2.40. The Morgan fingerprint density at radius 3 is 2.65 bits per heavy atom. The van der Waals surface area contributed by atoms with Crippen LogP contribution in [-0.2, 0) is 0 Å². The minimum absolute atomic E-state index is 0.521. The van der Waals surface area contributed by atoms with E-state index in [9.17, 15) is 0 Å². The standard InChI is InChI=1S/C14H23N3/c1-2-6-11(7-3-1)17-14-12-8-4-5-9-13(12)15-10-16-14/h10-13H,1-9H2,(H,15,16,17). The van der Waals surface area contributed by atoms with Crippen LogP contribution in [0.25, 0.3) is 0 Å². The first kappa shape index (κ1) is 11.2. The summed E-state index contributed by atoms with van der Waals surface area (Å²) in [6.45, 7) is 0. The van der Waals surface area contributed by atoms with Crippen molar-refractivity contribution in [2.24, 2.45) is 15.9 Å². The molecule has 0 amide bonds. The van der Waals surface area contributed by atoms with Gasteiger partial charge in [0.15, 0.2) is 0 Å². The summed E-state index contributed by atoms with van der Waals surface area (Å²) in [6.07, 6.45) is 13.8. The fraction of sp³-hybridized carbons (Fsp3) is 0.857. The van der Waals surface area contributed by atoms with E-state index >= 15 is 0 Å². The summed E-state index contributed by atoms with van der Waals surface area (Å²) < 4.78 is 0. The predicted molar refractivity (Wildman–Crippen MR) is 71.7 cm³/mol. The van der Waals surface area contributed by atoms with Gasteiger partial charge in [-0.15, -0.1) is 0 Å². The van der Waals surface area contributed by atoms with Crippen LogP contribution in [0.2, 0.25) is 0 Å². The third kappa shape index (κ3) is 2.53. The number of nitrogens with zero attached hydrogens (tertiary/aromatic N) is 2. The van der Waals surface area contributed by atoms with Crippen LogP contribution in [0.3, 0.4) is 0 Å². The Hall–Kier alpha value is -0.860. The largest absolute Gasteiger partial charge is 0.335 e. The molecule has 2 aliphatic carbocycles. The van der Waals surface area contributed by atoms with Crippen LogP contribution in [0.1, 0.15) is 57.8 Å². The van der Waals surface area contributed by atoms with E-state index in [1.54, 1.807) is 0 Å². The molecule has 2 atom stereocenters. The van der Waals surface area contributed by atoms with E-state index in [4.69, 9.17) is 4.99 Å². The molecule has 2 fully saturated rings. The Bertz CT molecular complexity index is 315. The first-order valence-electron chi connectivity index (χ1n) is 7.29. The van der Waals surface area contributed by atoms with Gasteiger partial charge >= 0.3 is 0 Å². The lowest BCUT2D eigenvalue weighted by Gasteiger charge is -2.33. The molecular formula is C14H23N3. The summed E-state index contributed by atoms with van der Waals surface area (Å²) in [7, 11) is 0. The van der Waals surface area contributed by atoms with Crippen LogP contribution < -0.4 is 5.32 Å². The van der Waals surface area contributed by atoms with Gasteiger partial charge in [-0.1, -0.05) is 32.1 Å². The zero-order valence-electron chi connectivity index (χ0n) is 10.6. The van der Waals surface area contributed by atoms with E-state index in [1.807, 2.05) is 6.34 Å². The summed E-state index contributed by atoms with van der Waals surface area (Å²) in [5.74, 6) is 1.84. The van der Waals surface area contributed by atoms with E-state index in [1.165, 1.54) is 63.6 Å². The number of rotatable bonds is 1. The highest BCUT2D eigenvalue weighted by Gasteiger charge is 2.31. The van der Waals surface area contributed by atoms with Gasteiger partial charge in [0, 0.05) is 5.92 Å². The van der Waals surface area contributed by atoms with Gasteiger partial charge in [-0.25, -0.2) is 0 Å². The summed E-state index contributed by atoms with van der Waals surface area (Å²) in [5, 5.41) is 3.32. The van der Waals surface area contributed by atoms with Gasteiger partial charge < -0.3 is 5.32 Å². The molecule has 1 aliphatic heterocycles. The number of hydrogen-bond acceptors (Lipinski definition) is 2. The van der Waals surface area contributed by atoms with Crippen molar-refractivity contribution in [2.45, 2.75) is 69.9 Å². The average molecular weight is 233 g/mol. The zero-order chi connectivity index (χ0) is 11.5. The molecule has 0 aromatic carbocycles. The maximum absolute atomic E-state index is 4.99. The van der Waals surface area contributed by atoms with Crippen molar-refractivity contribution in [1.29, 1.82) is 0 Å². The molecule has 0 radical (unpaired) electrons. The van der Waals surface area contributed by atoms with Crippen molar-refractivity contribution in [3.63, 3.8) is 0 Å². The Balaban J connectivity index is 1.72. The first-order valence-corrected chi connectivity index (χ1v) is 7.29. The van der Waals surface area contributed by atoms with E-state index in [0.717, 1.165) is 0 Å². The monoisotopic (exact) mass is 233 g/mol. The Kier molecular flexibility index (Phi) is 3.44. The van der Waals surface area contributed by atoms with Crippen molar-refractivity contribution in [1.82, 2.24) is 5.32 Å². The maximum atomic E-state index is 4.99. The fourth-order valence-electron chi connectivity index (χ4n) is 3.45. The van der Waals surface area contributed by atoms with Gasteiger partial charge in [0.25, 0.3) is 0 Å². The molecule has 0 spiro atoms. The quantitative estimate of drug-likeness (QED) is 0.743. The molecule has 2 unspecified atom stereocenters. The van der Waals surface area contributed by atoms with Crippen LogP contribution in [0.5, 0.6) is 0 Å². The lowest BCUT2D eigenvalue weighted by Crippen LogP contribution is -2.43. The number of amidine groups is 1. The van der Waals surface area contributed by atoms with Gasteiger partial charge in [-0.2, -0.15) is 0 Å². The first-order chi connectivity index (χ1) is 8.43. The van der Waals surface area contributed by atoms with E-state index in [2.05, 4.69) is 10.3 Å². The summed E-state index contributed by atoms with van der Waals surface area (Å²) in [4.78, 5) is 9.57. The molecule has 3 aliphatic rings. The van der Waals surface area contributed by atoms with Crippen LogP contribution in [0, 0.1) is 5.92 Å². The molecule has 3 rings (SSSR count). The molecule has 3 nitrogen and oxygen atoms in total. The van der Waals surface area contributed by atoms with E-state index < -0.39 is 0 Å². The van der Waals surface area contributed by atoms with Crippen molar-refractivity contribution in [3.8, 4) is 0 Å². The van der Waals surface area contributed by atoms with E-state index in [0.29, 0.717) is 18.0 Å².